The fraction of sp³-hybridized carbons (Fsp3) is 0.308. The molecule has 3 N–H and O–H groups in total. The van der Waals surface area contributed by atoms with Crippen molar-refractivity contribution in [2.45, 2.75) is 19.5 Å². The highest BCUT2D eigenvalue weighted by molar-refractivity contribution is 6.33. The van der Waals surface area contributed by atoms with Crippen LogP contribution in [0.15, 0.2) is 24.4 Å². The fourth-order valence-electron chi connectivity index (χ4n) is 1.75. The minimum absolute atomic E-state index is 0.0493. The maximum Gasteiger partial charge on any atom is 0.337 e. The Labute approximate surface area is 126 Å². The quantitative estimate of drug-likeness (QED) is 0.718. The van der Waals surface area contributed by atoms with Crippen LogP contribution in [0.2, 0.25) is 5.02 Å². The Kier molecular flexibility index (Phi) is 5.13. The molecule has 0 saturated carbocycles. The first kappa shape index (κ1) is 15.3. The topological polar surface area (TPSA) is 100 Å². The third kappa shape index (κ3) is 4.17. The van der Waals surface area contributed by atoms with E-state index < -0.39 is 5.97 Å². The van der Waals surface area contributed by atoms with Gasteiger partial charge in [0.05, 0.1) is 23.3 Å². The smallest absolute Gasteiger partial charge is 0.337 e. The van der Waals surface area contributed by atoms with Gasteiger partial charge in [0.1, 0.15) is 5.69 Å². The lowest BCUT2D eigenvalue weighted by atomic mass is 10.2. The van der Waals surface area contributed by atoms with Gasteiger partial charge in [-0.2, -0.15) is 0 Å². The first-order valence-corrected chi connectivity index (χ1v) is 6.74. The Morgan fingerprint density at radius 1 is 1.43 bits per heavy atom. The van der Waals surface area contributed by atoms with E-state index in [1.807, 2.05) is 0 Å². The molecule has 1 aromatic carbocycles. The van der Waals surface area contributed by atoms with E-state index in [2.05, 4.69) is 15.6 Å². The molecule has 1 aromatic heterocycles. The van der Waals surface area contributed by atoms with E-state index in [9.17, 15) is 4.79 Å². The summed E-state index contributed by atoms with van der Waals surface area (Å²) in [5.41, 5.74) is 1.41. The van der Waals surface area contributed by atoms with Crippen LogP contribution in [-0.2, 0) is 13.1 Å². The van der Waals surface area contributed by atoms with Crippen LogP contribution in [0.4, 0.5) is 5.69 Å². The standard InChI is InChI=1S/C13H15ClN4O3/c14-12-3-2-9(6-11(12)13(20)21)15-7-10-8-18(17-16-10)4-1-5-19/h2-3,6,8,15,19H,1,4-5,7H2,(H,20,21). The summed E-state index contributed by atoms with van der Waals surface area (Å²) in [6.07, 6.45) is 2.39. The molecule has 0 aliphatic carbocycles. The summed E-state index contributed by atoms with van der Waals surface area (Å²) in [6, 6.07) is 4.71. The van der Waals surface area contributed by atoms with E-state index in [1.165, 1.54) is 12.1 Å². The molecule has 2 rings (SSSR count). The molecule has 0 bridgehead atoms. The largest absolute Gasteiger partial charge is 0.478 e. The number of aliphatic hydroxyl groups is 1. The van der Waals surface area contributed by atoms with E-state index in [0.717, 1.165) is 5.69 Å². The van der Waals surface area contributed by atoms with E-state index in [1.54, 1.807) is 16.9 Å². The summed E-state index contributed by atoms with van der Waals surface area (Å²) in [5.74, 6) is -1.07. The number of benzene rings is 1. The van der Waals surface area contributed by atoms with Gasteiger partial charge in [0.2, 0.25) is 0 Å². The molecule has 21 heavy (non-hydrogen) atoms. The number of halogens is 1. The Morgan fingerprint density at radius 2 is 2.24 bits per heavy atom. The minimum Gasteiger partial charge on any atom is -0.478 e. The number of aromatic carboxylic acids is 1. The van der Waals surface area contributed by atoms with Gasteiger partial charge in [-0.3, -0.25) is 4.68 Å². The zero-order valence-electron chi connectivity index (χ0n) is 11.2. The summed E-state index contributed by atoms with van der Waals surface area (Å²) in [4.78, 5) is 11.0. The van der Waals surface area contributed by atoms with E-state index in [-0.39, 0.29) is 17.2 Å². The van der Waals surface area contributed by atoms with Gasteiger partial charge >= 0.3 is 5.97 Å². The molecule has 2 aromatic rings. The lowest BCUT2D eigenvalue weighted by molar-refractivity contribution is 0.0697. The summed E-state index contributed by atoms with van der Waals surface area (Å²) < 4.78 is 1.65. The van der Waals surface area contributed by atoms with Crippen molar-refractivity contribution in [1.82, 2.24) is 15.0 Å². The van der Waals surface area contributed by atoms with Crippen LogP contribution >= 0.6 is 11.6 Å². The second-order valence-electron chi connectivity index (χ2n) is 4.40. The number of nitrogens with one attached hydrogen (secondary N) is 1. The normalized spacial score (nSPS) is 10.6. The first-order chi connectivity index (χ1) is 10.1. The number of carbonyl (C=O) groups is 1. The van der Waals surface area contributed by atoms with Crippen molar-refractivity contribution >= 4 is 23.3 Å². The van der Waals surface area contributed by atoms with Crippen molar-refractivity contribution in [3.63, 3.8) is 0 Å². The van der Waals surface area contributed by atoms with Crippen molar-refractivity contribution in [1.29, 1.82) is 0 Å². The van der Waals surface area contributed by atoms with Gasteiger partial charge in [0.25, 0.3) is 0 Å². The highest BCUT2D eigenvalue weighted by atomic mass is 35.5. The number of hydrogen-bond acceptors (Lipinski definition) is 5. The Morgan fingerprint density at radius 3 is 2.95 bits per heavy atom. The zero-order valence-corrected chi connectivity index (χ0v) is 11.9. The van der Waals surface area contributed by atoms with Gasteiger partial charge in [-0.15, -0.1) is 5.10 Å². The van der Waals surface area contributed by atoms with Crippen molar-refractivity contribution in [3.05, 3.63) is 40.7 Å². The van der Waals surface area contributed by atoms with Gasteiger partial charge in [-0.1, -0.05) is 16.8 Å². The maximum absolute atomic E-state index is 11.0. The Bertz CT molecular complexity index is 630. The number of carboxylic acids is 1. The molecule has 0 saturated heterocycles. The molecule has 0 aliphatic heterocycles. The maximum atomic E-state index is 11.0. The lowest BCUT2D eigenvalue weighted by Gasteiger charge is -2.06. The molecule has 0 unspecified atom stereocenters. The van der Waals surface area contributed by atoms with Crippen molar-refractivity contribution in [2.24, 2.45) is 0 Å². The molecule has 0 aliphatic rings. The fourth-order valence-corrected chi connectivity index (χ4v) is 1.95. The second kappa shape index (κ2) is 7.05. The molecule has 0 radical (unpaired) electrons. The monoisotopic (exact) mass is 310 g/mol. The average molecular weight is 311 g/mol. The zero-order chi connectivity index (χ0) is 15.2. The number of rotatable bonds is 7. The van der Waals surface area contributed by atoms with Crippen molar-refractivity contribution in [3.8, 4) is 0 Å². The van der Waals surface area contributed by atoms with E-state index in [0.29, 0.717) is 25.2 Å². The Hall–Kier alpha value is -2.12. The molecule has 7 nitrogen and oxygen atoms in total. The SMILES string of the molecule is O=C(O)c1cc(NCc2cn(CCCO)nn2)ccc1Cl. The van der Waals surface area contributed by atoms with Gasteiger partial charge < -0.3 is 15.5 Å². The van der Waals surface area contributed by atoms with Crippen LogP contribution < -0.4 is 5.32 Å². The van der Waals surface area contributed by atoms with Crippen LogP contribution in [0, 0.1) is 0 Å². The highest BCUT2D eigenvalue weighted by Crippen LogP contribution is 2.20. The number of nitrogens with zero attached hydrogens (tertiary/aromatic N) is 3. The molecule has 0 atom stereocenters. The van der Waals surface area contributed by atoms with Crippen LogP contribution in [0.5, 0.6) is 0 Å². The number of aromatic nitrogens is 3. The second-order valence-corrected chi connectivity index (χ2v) is 4.81. The highest BCUT2D eigenvalue weighted by Gasteiger charge is 2.09. The third-order valence-corrected chi connectivity index (χ3v) is 3.13. The van der Waals surface area contributed by atoms with Crippen molar-refractivity contribution in [2.75, 3.05) is 11.9 Å². The molecule has 0 fully saturated rings. The molecule has 112 valence electrons. The number of aliphatic hydroxyl groups excluding tert-OH is 1. The van der Waals surface area contributed by atoms with E-state index in [4.69, 9.17) is 21.8 Å². The van der Waals surface area contributed by atoms with Crippen LogP contribution in [0.1, 0.15) is 22.5 Å². The molecule has 0 amide bonds. The third-order valence-electron chi connectivity index (χ3n) is 2.80. The number of carboxylic acid groups (broad SMARTS) is 1. The summed E-state index contributed by atoms with van der Waals surface area (Å²) in [7, 11) is 0. The van der Waals surface area contributed by atoms with Gasteiger partial charge in [0.15, 0.2) is 0 Å². The summed E-state index contributed by atoms with van der Waals surface area (Å²) >= 11 is 5.81. The first-order valence-electron chi connectivity index (χ1n) is 6.36. The van der Waals surface area contributed by atoms with Crippen molar-refractivity contribution < 1.29 is 15.0 Å². The average Bonchev–Trinajstić information content (AvgIpc) is 2.92. The molecule has 8 heteroatoms. The van der Waals surface area contributed by atoms with E-state index >= 15 is 0 Å². The number of hydrogen-bond donors (Lipinski definition) is 3. The van der Waals surface area contributed by atoms with Gasteiger partial charge in [-0.05, 0) is 24.6 Å². The minimum atomic E-state index is -1.07. The summed E-state index contributed by atoms with van der Waals surface area (Å²) in [6.45, 7) is 1.13. The number of anilines is 1. The Balaban J connectivity index is 1.98. The molecular weight excluding hydrogens is 296 g/mol. The lowest BCUT2D eigenvalue weighted by Crippen LogP contribution is -2.03. The van der Waals surface area contributed by atoms with Gasteiger partial charge in [-0.25, -0.2) is 4.79 Å². The number of aryl methyl sites for hydroxylation is 1. The molecular formula is C13H15ClN4O3. The van der Waals surface area contributed by atoms with Gasteiger partial charge in [0, 0.05) is 18.8 Å². The van der Waals surface area contributed by atoms with Crippen LogP contribution in [0.3, 0.4) is 0 Å². The van der Waals surface area contributed by atoms with Crippen LogP contribution in [0.25, 0.3) is 0 Å². The molecule has 0 spiro atoms. The molecule has 1 heterocycles. The van der Waals surface area contributed by atoms with Crippen LogP contribution in [-0.4, -0.2) is 37.8 Å². The predicted molar refractivity (Wildman–Crippen MR) is 77.5 cm³/mol. The predicted octanol–water partition coefficient (Wildman–Crippen LogP) is 1.62. The summed E-state index contributed by atoms with van der Waals surface area (Å²) in [5, 5.41) is 28.9.